The number of benzene rings is 1. The highest BCUT2D eigenvalue weighted by molar-refractivity contribution is 5.78. The second kappa shape index (κ2) is 3.46. The van der Waals surface area contributed by atoms with Crippen molar-refractivity contribution < 1.29 is 0 Å². The lowest BCUT2D eigenvalue weighted by Gasteiger charge is -2.21. The molecular weight excluding hydrogens is 246 g/mol. The van der Waals surface area contributed by atoms with Gasteiger partial charge in [-0.2, -0.15) is 0 Å². The quantitative estimate of drug-likeness (QED) is 0.844. The normalized spacial score (nSPS) is 32.4. The Balaban J connectivity index is 1.49. The van der Waals surface area contributed by atoms with Crippen LogP contribution in [0.25, 0.3) is 11.0 Å². The molecule has 1 aromatic carbocycles. The van der Waals surface area contributed by atoms with E-state index >= 15 is 0 Å². The van der Waals surface area contributed by atoms with Gasteiger partial charge in [0, 0.05) is 19.0 Å². The molecule has 3 heteroatoms. The SMILES string of the molecule is Cn1c(NC2CC3C=CC2C32CC2)nc2ccccc21. The van der Waals surface area contributed by atoms with Gasteiger partial charge in [-0.3, -0.25) is 0 Å². The Kier molecular flexibility index (Phi) is 1.89. The van der Waals surface area contributed by atoms with E-state index in [1.54, 1.807) is 0 Å². The first kappa shape index (κ1) is 11.0. The van der Waals surface area contributed by atoms with E-state index < -0.39 is 0 Å². The summed E-state index contributed by atoms with van der Waals surface area (Å²) in [4.78, 5) is 4.76. The zero-order valence-corrected chi connectivity index (χ0v) is 11.7. The average molecular weight is 265 g/mol. The Morgan fingerprint density at radius 3 is 2.85 bits per heavy atom. The number of nitrogens with zero attached hydrogens (tertiary/aromatic N) is 2. The fourth-order valence-electron chi connectivity index (χ4n) is 4.59. The van der Waals surface area contributed by atoms with Crippen LogP contribution in [0.15, 0.2) is 36.4 Å². The van der Waals surface area contributed by atoms with Gasteiger partial charge in [0.05, 0.1) is 11.0 Å². The van der Waals surface area contributed by atoms with Crippen LogP contribution < -0.4 is 5.32 Å². The van der Waals surface area contributed by atoms with Crippen LogP contribution in [0.2, 0.25) is 0 Å². The summed E-state index contributed by atoms with van der Waals surface area (Å²) in [5.74, 6) is 2.57. The lowest BCUT2D eigenvalue weighted by molar-refractivity contribution is 0.398. The molecule has 2 fully saturated rings. The summed E-state index contributed by atoms with van der Waals surface area (Å²) in [5.41, 5.74) is 2.93. The first-order chi connectivity index (χ1) is 9.78. The standard InChI is InChI=1S/C17H19N3/c1-20-15-5-3-2-4-13(15)18-16(20)19-14-10-11-6-7-12(14)17(11)8-9-17/h2-7,11-12,14H,8-10H2,1H3,(H,18,19). The van der Waals surface area contributed by atoms with Gasteiger partial charge in [-0.15, -0.1) is 0 Å². The van der Waals surface area contributed by atoms with Gasteiger partial charge in [0.25, 0.3) is 0 Å². The first-order valence-electron chi connectivity index (χ1n) is 7.64. The molecule has 3 unspecified atom stereocenters. The Morgan fingerprint density at radius 1 is 1.25 bits per heavy atom. The summed E-state index contributed by atoms with van der Waals surface area (Å²) in [6.07, 6.45) is 9.06. The van der Waals surface area contributed by atoms with Gasteiger partial charge < -0.3 is 9.88 Å². The number of rotatable bonds is 2. The third-order valence-electron chi connectivity index (χ3n) is 5.82. The topological polar surface area (TPSA) is 29.9 Å². The molecule has 5 rings (SSSR count). The van der Waals surface area contributed by atoms with E-state index in [0.717, 1.165) is 23.3 Å². The molecule has 1 N–H and O–H groups in total. The van der Waals surface area contributed by atoms with Crippen molar-refractivity contribution in [2.24, 2.45) is 24.3 Å². The van der Waals surface area contributed by atoms with E-state index in [9.17, 15) is 0 Å². The molecule has 1 aromatic heterocycles. The monoisotopic (exact) mass is 265 g/mol. The van der Waals surface area contributed by atoms with Crippen molar-refractivity contribution >= 4 is 17.0 Å². The van der Waals surface area contributed by atoms with Crippen LogP contribution in [-0.2, 0) is 7.05 Å². The van der Waals surface area contributed by atoms with Crippen LogP contribution in [0.5, 0.6) is 0 Å². The maximum absolute atomic E-state index is 4.76. The number of allylic oxidation sites excluding steroid dienone is 1. The van der Waals surface area contributed by atoms with Crippen LogP contribution >= 0.6 is 0 Å². The second-order valence-corrected chi connectivity index (χ2v) is 6.72. The van der Waals surface area contributed by atoms with E-state index in [2.05, 4.69) is 53.3 Å². The summed E-state index contributed by atoms with van der Waals surface area (Å²) in [6.45, 7) is 0. The molecule has 3 aliphatic carbocycles. The Hall–Kier alpha value is -1.77. The minimum Gasteiger partial charge on any atom is -0.352 e. The molecular formula is C17H19N3. The van der Waals surface area contributed by atoms with Gasteiger partial charge in [-0.05, 0) is 42.7 Å². The summed E-state index contributed by atoms with van der Waals surface area (Å²) in [7, 11) is 2.10. The number of anilines is 1. The van der Waals surface area contributed by atoms with Gasteiger partial charge >= 0.3 is 0 Å². The highest BCUT2D eigenvalue weighted by Gasteiger charge is 2.62. The van der Waals surface area contributed by atoms with Gasteiger partial charge in [0.1, 0.15) is 0 Å². The van der Waals surface area contributed by atoms with E-state index in [1.165, 1.54) is 24.8 Å². The van der Waals surface area contributed by atoms with Crippen molar-refractivity contribution in [1.29, 1.82) is 0 Å². The molecule has 0 radical (unpaired) electrons. The molecule has 1 heterocycles. The predicted molar refractivity (Wildman–Crippen MR) is 80.5 cm³/mol. The number of hydrogen-bond donors (Lipinski definition) is 1. The highest BCUT2D eigenvalue weighted by Crippen LogP contribution is 2.68. The second-order valence-electron chi connectivity index (χ2n) is 6.72. The fourth-order valence-corrected chi connectivity index (χ4v) is 4.59. The molecule has 0 amide bonds. The van der Waals surface area contributed by atoms with Crippen molar-refractivity contribution in [3.8, 4) is 0 Å². The van der Waals surface area contributed by atoms with E-state index in [1.807, 2.05) is 0 Å². The molecule has 3 atom stereocenters. The summed E-state index contributed by atoms with van der Waals surface area (Å²) in [6, 6.07) is 8.93. The van der Waals surface area contributed by atoms with Gasteiger partial charge in [0.2, 0.25) is 5.95 Å². The van der Waals surface area contributed by atoms with Gasteiger partial charge in [0.15, 0.2) is 0 Å². The third kappa shape index (κ3) is 1.23. The molecule has 1 spiro atoms. The maximum Gasteiger partial charge on any atom is 0.203 e. The van der Waals surface area contributed by atoms with E-state index in [0.29, 0.717) is 11.5 Å². The molecule has 2 aromatic rings. The van der Waals surface area contributed by atoms with Crippen LogP contribution in [0.1, 0.15) is 19.3 Å². The van der Waals surface area contributed by atoms with Crippen LogP contribution in [-0.4, -0.2) is 15.6 Å². The largest absolute Gasteiger partial charge is 0.352 e. The summed E-state index contributed by atoms with van der Waals surface area (Å²) < 4.78 is 2.19. The van der Waals surface area contributed by atoms with Crippen LogP contribution in [0.3, 0.4) is 0 Å². The highest BCUT2D eigenvalue weighted by atomic mass is 15.2. The fraction of sp³-hybridized carbons (Fsp3) is 0.471. The number of imidazole rings is 1. The maximum atomic E-state index is 4.76. The molecule has 2 bridgehead atoms. The van der Waals surface area contributed by atoms with Crippen molar-refractivity contribution in [2.75, 3.05) is 5.32 Å². The molecule has 3 aliphatic rings. The number of nitrogens with one attached hydrogen (secondary N) is 1. The Bertz CT molecular complexity index is 723. The molecule has 3 nitrogen and oxygen atoms in total. The van der Waals surface area contributed by atoms with Crippen molar-refractivity contribution in [3.05, 3.63) is 36.4 Å². The number of hydrogen-bond acceptors (Lipinski definition) is 2. The van der Waals surface area contributed by atoms with Crippen molar-refractivity contribution in [3.63, 3.8) is 0 Å². The molecule has 0 saturated heterocycles. The molecule has 0 aliphatic heterocycles. The minimum absolute atomic E-state index is 0.572. The first-order valence-corrected chi connectivity index (χ1v) is 7.64. The van der Waals surface area contributed by atoms with Crippen LogP contribution in [0.4, 0.5) is 5.95 Å². The third-order valence-corrected chi connectivity index (χ3v) is 5.82. The molecule has 102 valence electrons. The number of para-hydroxylation sites is 2. The zero-order valence-electron chi connectivity index (χ0n) is 11.7. The molecule has 2 saturated carbocycles. The van der Waals surface area contributed by atoms with E-state index in [-0.39, 0.29) is 0 Å². The van der Waals surface area contributed by atoms with Gasteiger partial charge in [-0.1, -0.05) is 24.3 Å². The Labute approximate surface area is 118 Å². The Morgan fingerprint density at radius 2 is 2.10 bits per heavy atom. The smallest absolute Gasteiger partial charge is 0.203 e. The summed E-state index contributed by atoms with van der Waals surface area (Å²) >= 11 is 0. The molecule has 20 heavy (non-hydrogen) atoms. The number of aryl methyl sites for hydroxylation is 1. The minimum atomic E-state index is 0.572. The number of aromatic nitrogens is 2. The average Bonchev–Trinajstić information content (AvgIpc) is 3.03. The van der Waals surface area contributed by atoms with E-state index in [4.69, 9.17) is 4.98 Å². The summed E-state index contributed by atoms with van der Waals surface area (Å²) in [5, 5.41) is 3.73. The lowest BCUT2D eigenvalue weighted by atomic mass is 9.92. The van der Waals surface area contributed by atoms with Crippen molar-refractivity contribution in [1.82, 2.24) is 9.55 Å². The lowest BCUT2D eigenvalue weighted by Crippen LogP contribution is -2.27. The van der Waals surface area contributed by atoms with Crippen molar-refractivity contribution in [2.45, 2.75) is 25.3 Å². The van der Waals surface area contributed by atoms with Crippen LogP contribution in [0, 0.1) is 17.3 Å². The predicted octanol–water partition coefficient (Wildman–Crippen LogP) is 3.34. The number of fused-ring (bicyclic) bond motifs is 1. The zero-order chi connectivity index (χ0) is 13.3. The van der Waals surface area contributed by atoms with Gasteiger partial charge in [-0.25, -0.2) is 4.98 Å².